The summed E-state index contributed by atoms with van der Waals surface area (Å²) < 4.78 is 1.85. The highest BCUT2D eigenvalue weighted by Crippen LogP contribution is 2.27. The van der Waals surface area contributed by atoms with E-state index in [2.05, 4.69) is 32.1 Å². The van der Waals surface area contributed by atoms with Gasteiger partial charge in [-0.15, -0.1) is 0 Å². The van der Waals surface area contributed by atoms with E-state index in [1.54, 1.807) is 18.9 Å². The van der Waals surface area contributed by atoms with Gasteiger partial charge in [-0.3, -0.25) is 9.36 Å². The minimum Gasteiger partial charge on any atom is -0.355 e. The van der Waals surface area contributed by atoms with Crippen molar-refractivity contribution in [1.82, 2.24) is 24.8 Å². The van der Waals surface area contributed by atoms with Gasteiger partial charge in [0.05, 0.1) is 5.92 Å². The van der Waals surface area contributed by atoms with Crippen LogP contribution in [0.4, 0.5) is 5.82 Å². The Bertz CT molecular complexity index is 725. The zero-order chi connectivity index (χ0) is 17.2. The van der Waals surface area contributed by atoms with E-state index >= 15 is 0 Å². The molecule has 1 saturated carbocycles. The number of hydrogen-bond acceptors (Lipinski definition) is 5. The van der Waals surface area contributed by atoms with Gasteiger partial charge >= 0.3 is 0 Å². The first-order chi connectivity index (χ1) is 12.2. The molecule has 7 nitrogen and oxygen atoms in total. The molecule has 2 aromatic heterocycles. The van der Waals surface area contributed by atoms with Crippen LogP contribution >= 0.6 is 0 Å². The van der Waals surface area contributed by atoms with Gasteiger partial charge in [-0.25, -0.2) is 15.0 Å². The lowest BCUT2D eigenvalue weighted by Crippen LogP contribution is -2.56. The van der Waals surface area contributed by atoms with Crippen molar-refractivity contribution in [1.29, 1.82) is 0 Å². The van der Waals surface area contributed by atoms with Crippen molar-refractivity contribution in [2.24, 2.45) is 11.8 Å². The minimum atomic E-state index is 0.0563. The van der Waals surface area contributed by atoms with Crippen LogP contribution in [-0.2, 0) is 4.79 Å². The van der Waals surface area contributed by atoms with E-state index in [1.165, 1.54) is 19.3 Å². The van der Waals surface area contributed by atoms with Crippen molar-refractivity contribution in [3.8, 4) is 5.82 Å². The predicted molar refractivity (Wildman–Crippen MR) is 94.4 cm³/mol. The minimum absolute atomic E-state index is 0.0563. The first-order valence-electron chi connectivity index (χ1n) is 9.06. The highest BCUT2D eigenvalue weighted by molar-refractivity contribution is 5.82. The van der Waals surface area contributed by atoms with Crippen LogP contribution in [0.25, 0.3) is 5.82 Å². The fourth-order valence-corrected chi connectivity index (χ4v) is 3.71. The van der Waals surface area contributed by atoms with E-state index in [4.69, 9.17) is 0 Å². The first kappa shape index (κ1) is 16.1. The number of carbonyl (C=O) groups is 1. The van der Waals surface area contributed by atoms with Gasteiger partial charge in [0.1, 0.15) is 24.3 Å². The third-order valence-electron chi connectivity index (χ3n) is 5.42. The quantitative estimate of drug-likeness (QED) is 0.918. The lowest BCUT2D eigenvalue weighted by molar-refractivity contribution is -0.127. The molecule has 2 fully saturated rings. The van der Waals surface area contributed by atoms with E-state index in [9.17, 15) is 4.79 Å². The highest BCUT2D eigenvalue weighted by Gasteiger charge is 2.35. The van der Waals surface area contributed by atoms with Crippen LogP contribution in [-0.4, -0.2) is 44.6 Å². The molecule has 7 heteroatoms. The number of amides is 1. The number of hydrogen-bond donors (Lipinski definition) is 1. The molecule has 0 radical (unpaired) electrons. The van der Waals surface area contributed by atoms with E-state index in [-0.39, 0.29) is 11.8 Å². The molecule has 4 rings (SSSR count). The monoisotopic (exact) mass is 340 g/mol. The number of nitrogens with zero attached hydrogens (tertiary/aromatic N) is 5. The molecule has 0 spiro atoms. The van der Waals surface area contributed by atoms with Crippen molar-refractivity contribution in [2.45, 2.75) is 38.6 Å². The molecule has 0 unspecified atom stereocenters. The third-order valence-corrected chi connectivity index (χ3v) is 5.42. The molecular weight excluding hydrogens is 316 g/mol. The summed E-state index contributed by atoms with van der Waals surface area (Å²) in [4.78, 5) is 27.3. The highest BCUT2D eigenvalue weighted by atomic mass is 16.2. The van der Waals surface area contributed by atoms with Crippen molar-refractivity contribution in [3.63, 3.8) is 0 Å². The van der Waals surface area contributed by atoms with Gasteiger partial charge in [-0.05, 0) is 18.8 Å². The fourth-order valence-electron chi connectivity index (χ4n) is 3.71. The first-order valence-corrected chi connectivity index (χ1v) is 9.06. The Kier molecular flexibility index (Phi) is 4.38. The molecule has 1 amide bonds. The maximum atomic E-state index is 12.5. The zero-order valence-electron chi connectivity index (χ0n) is 14.5. The smallest absolute Gasteiger partial charge is 0.226 e. The largest absolute Gasteiger partial charge is 0.355 e. The van der Waals surface area contributed by atoms with Gasteiger partial charge in [0.2, 0.25) is 5.91 Å². The zero-order valence-corrected chi connectivity index (χ0v) is 14.5. The van der Waals surface area contributed by atoms with Gasteiger partial charge in [0.25, 0.3) is 0 Å². The molecule has 0 bridgehead atoms. The van der Waals surface area contributed by atoms with E-state index in [1.807, 2.05) is 16.8 Å². The molecule has 1 aliphatic carbocycles. The summed E-state index contributed by atoms with van der Waals surface area (Å²) in [6, 6.07) is 2.28. The summed E-state index contributed by atoms with van der Waals surface area (Å²) in [5.74, 6) is 2.48. The second kappa shape index (κ2) is 6.82. The van der Waals surface area contributed by atoms with Crippen molar-refractivity contribution >= 4 is 11.7 Å². The normalized spacial score (nSPS) is 24.0. The Morgan fingerprint density at radius 2 is 2.00 bits per heavy atom. The standard InChI is InChI=1S/C18H24N6O/c1-13-4-2-3-5-15(13)22-18(25)14-9-24(10-14)17-8-16(20-11-21-17)23-7-6-19-12-23/h6-8,11-15H,2-5,9-10H2,1H3,(H,22,25)/t13-,15+/m0/s1. The molecule has 2 atom stereocenters. The average Bonchev–Trinajstić information content (AvgIpc) is 3.10. The van der Waals surface area contributed by atoms with Gasteiger partial charge in [-0.1, -0.05) is 19.8 Å². The third kappa shape index (κ3) is 3.36. The number of imidazole rings is 1. The number of carbonyl (C=O) groups excluding carboxylic acids is 1. The van der Waals surface area contributed by atoms with E-state index < -0.39 is 0 Å². The summed E-state index contributed by atoms with van der Waals surface area (Å²) >= 11 is 0. The van der Waals surface area contributed by atoms with Gasteiger partial charge in [0, 0.05) is 37.6 Å². The van der Waals surface area contributed by atoms with Crippen LogP contribution in [0.3, 0.4) is 0 Å². The Hall–Kier alpha value is -2.44. The van der Waals surface area contributed by atoms with Crippen molar-refractivity contribution < 1.29 is 4.79 Å². The molecule has 25 heavy (non-hydrogen) atoms. The Morgan fingerprint density at radius 1 is 1.20 bits per heavy atom. The summed E-state index contributed by atoms with van der Waals surface area (Å²) in [6.07, 6.45) is 11.7. The SMILES string of the molecule is C[C@H]1CCCC[C@H]1NC(=O)C1CN(c2cc(-n3ccnc3)ncn2)C1. The summed E-state index contributed by atoms with van der Waals surface area (Å²) in [5.41, 5.74) is 0. The fraction of sp³-hybridized carbons (Fsp3) is 0.556. The topological polar surface area (TPSA) is 75.9 Å². The second-order valence-electron chi connectivity index (χ2n) is 7.18. The van der Waals surface area contributed by atoms with Crippen LogP contribution in [0.5, 0.6) is 0 Å². The molecule has 2 aromatic rings. The molecule has 3 heterocycles. The van der Waals surface area contributed by atoms with E-state index in [0.717, 1.165) is 18.1 Å². The molecule has 1 N–H and O–H groups in total. The van der Waals surface area contributed by atoms with Crippen molar-refractivity contribution in [2.75, 3.05) is 18.0 Å². The molecular formula is C18H24N6O. The maximum Gasteiger partial charge on any atom is 0.226 e. The van der Waals surface area contributed by atoms with E-state index in [0.29, 0.717) is 25.0 Å². The molecule has 1 aliphatic heterocycles. The van der Waals surface area contributed by atoms with Gasteiger partial charge < -0.3 is 10.2 Å². The van der Waals surface area contributed by atoms with Gasteiger partial charge in [0.15, 0.2) is 0 Å². The molecule has 2 aliphatic rings. The molecule has 1 saturated heterocycles. The van der Waals surface area contributed by atoms with Crippen LogP contribution in [0, 0.1) is 11.8 Å². The second-order valence-corrected chi connectivity index (χ2v) is 7.18. The molecule has 0 aromatic carbocycles. The van der Waals surface area contributed by atoms with Crippen molar-refractivity contribution in [3.05, 3.63) is 31.1 Å². The summed E-state index contributed by atoms with van der Waals surface area (Å²) in [5, 5.41) is 3.27. The number of rotatable bonds is 4. The Balaban J connectivity index is 1.34. The lowest BCUT2D eigenvalue weighted by atomic mass is 9.85. The molecule has 132 valence electrons. The van der Waals surface area contributed by atoms with Crippen LogP contribution < -0.4 is 10.2 Å². The van der Waals surface area contributed by atoms with Gasteiger partial charge in [-0.2, -0.15) is 0 Å². The summed E-state index contributed by atoms with van der Waals surface area (Å²) in [6.45, 7) is 3.68. The number of aromatic nitrogens is 4. The average molecular weight is 340 g/mol. The summed E-state index contributed by atoms with van der Waals surface area (Å²) in [7, 11) is 0. The number of anilines is 1. The lowest BCUT2D eigenvalue weighted by Gasteiger charge is -2.40. The number of nitrogens with one attached hydrogen (secondary N) is 1. The van der Waals surface area contributed by atoms with Crippen LogP contribution in [0.1, 0.15) is 32.6 Å². The Morgan fingerprint density at radius 3 is 2.76 bits per heavy atom. The van der Waals surface area contributed by atoms with Crippen LogP contribution in [0.2, 0.25) is 0 Å². The maximum absolute atomic E-state index is 12.5. The predicted octanol–water partition coefficient (Wildman–Crippen LogP) is 1.79. The Labute approximate surface area is 147 Å². The van der Waals surface area contributed by atoms with Crippen LogP contribution in [0.15, 0.2) is 31.1 Å².